The van der Waals surface area contributed by atoms with Gasteiger partial charge in [0.05, 0.1) is 42.3 Å². The molecule has 0 bridgehead atoms. The highest BCUT2D eigenvalue weighted by Crippen LogP contribution is 2.34. The molecule has 11 nitrogen and oxygen atoms in total. The van der Waals surface area contributed by atoms with Crippen molar-refractivity contribution in [3.8, 4) is 22.8 Å². The van der Waals surface area contributed by atoms with Crippen LogP contribution >= 0.6 is 11.6 Å². The van der Waals surface area contributed by atoms with E-state index in [1.54, 1.807) is 6.07 Å². The number of nitrogens with one attached hydrogen (secondary N) is 1. The van der Waals surface area contributed by atoms with E-state index in [2.05, 4.69) is 15.0 Å². The van der Waals surface area contributed by atoms with E-state index in [-0.39, 0.29) is 34.3 Å². The monoisotopic (exact) mass is 565 g/mol. The van der Waals surface area contributed by atoms with Crippen molar-refractivity contribution in [3.05, 3.63) is 65.1 Å². The summed E-state index contributed by atoms with van der Waals surface area (Å²) in [7, 11) is 2.65. The first kappa shape index (κ1) is 29.9. The van der Waals surface area contributed by atoms with E-state index < -0.39 is 42.8 Å². The van der Waals surface area contributed by atoms with Crippen LogP contribution in [-0.4, -0.2) is 83.2 Å². The Hall–Kier alpha value is -3.68. The number of esters is 1. The fourth-order valence-corrected chi connectivity index (χ4v) is 3.78. The number of hydrogen-bond donors (Lipinski definition) is 6. The minimum Gasteiger partial charge on any atom is -0.494 e. The molecule has 0 aliphatic heterocycles. The number of carbonyl (C=O) groups is 1. The van der Waals surface area contributed by atoms with Crippen molar-refractivity contribution in [3.63, 3.8) is 0 Å². The molecule has 0 amide bonds. The van der Waals surface area contributed by atoms with Crippen LogP contribution in [0.3, 0.4) is 0 Å². The minimum absolute atomic E-state index is 0.127. The highest BCUT2D eigenvalue weighted by Gasteiger charge is 2.31. The molecule has 2 aromatic carbocycles. The third-order valence-electron chi connectivity index (χ3n) is 5.73. The van der Waals surface area contributed by atoms with Gasteiger partial charge in [-0.1, -0.05) is 11.6 Å². The van der Waals surface area contributed by atoms with Crippen LogP contribution in [0.1, 0.15) is 10.4 Å². The van der Waals surface area contributed by atoms with E-state index in [9.17, 15) is 29.6 Å². The Morgan fingerprint density at radius 2 is 1.77 bits per heavy atom. The number of carbonyl (C=O) groups excluding carboxylic acids is 1. The second-order valence-corrected chi connectivity index (χ2v) is 8.89. The lowest BCUT2D eigenvalue weighted by Gasteiger charge is -2.27. The molecule has 210 valence electrons. The summed E-state index contributed by atoms with van der Waals surface area (Å²) in [4.78, 5) is 15.7. The van der Waals surface area contributed by atoms with E-state index in [0.29, 0.717) is 17.0 Å². The van der Waals surface area contributed by atoms with Crippen LogP contribution in [0.5, 0.6) is 11.5 Å². The Morgan fingerprint density at radius 1 is 1.05 bits per heavy atom. The number of aromatic nitrogens is 1. The molecule has 3 rings (SSSR count). The number of pyridine rings is 1. The first-order valence-electron chi connectivity index (χ1n) is 11.6. The molecule has 0 unspecified atom stereocenters. The largest absolute Gasteiger partial charge is 0.494 e. The van der Waals surface area contributed by atoms with Gasteiger partial charge in [0.15, 0.2) is 0 Å². The lowest BCUT2D eigenvalue weighted by molar-refractivity contribution is -0.109. The van der Waals surface area contributed by atoms with E-state index in [0.717, 1.165) is 6.07 Å². The quantitative estimate of drug-likeness (QED) is 0.139. The third-order valence-corrected chi connectivity index (χ3v) is 6.02. The van der Waals surface area contributed by atoms with Crippen molar-refractivity contribution < 1.29 is 43.8 Å². The third kappa shape index (κ3) is 7.68. The molecular formula is C26H29ClFN3O8. The Bertz CT molecular complexity index is 1280. The lowest BCUT2D eigenvalue weighted by Crippen LogP contribution is -2.48. The molecule has 0 aliphatic rings. The summed E-state index contributed by atoms with van der Waals surface area (Å²) in [5.74, 6) is -0.742. The summed E-state index contributed by atoms with van der Waals surface area (Å²) in [5, 5.41) is 44.2. The Kier molecular flexibility index (Phi) is 10.3. The smallest absolute Gasteiger partial charge is 0.339 e. The number of aliphatic hydroxyl groups excluding tert-OH is 4. The predicted molar refractivity (Wildman–Crippen MR) is 141 cm³/mol. The molecule has 7 N–H and O–H groups in total. The zero-order valence-corrected chi connectivity index (χ0v) is 21.8. The molecule has 1 aromatic heterocycles. The molecule has 0 aliphatic carbocycles. The van der Waals surface area contributed by atoms with Gasteiger partial charge in [0.1, 0.15) is 42.2 Å². The number of nitrogens with two attached hydrogens (primary N) is 1. The SMILES string of the molecule is COC(=O)c1ccc(-c2cc(F)cc(NC[C@@H](O)[C@@H](O)[C@H](O)[C@H](O)COc3cc(OC)c(N)cc3Cl)c2)nc1. The first-order chi connectivity index (χ1) is 18.5. The molecule has 4 atom stereocenters. The van der Waals surface area contributed by atoms with Crippen LogP contribution in [-0.2, 0) is 4.74 Å². The van der Waals surface area contributed by atoms with Gasteiger partial charge in [-0.2, -0.15) is 0 Å². The zero-order chi connectivity index (χ0) is 28.7. The fraction of sp³-hybridized carbons (Fsp3) is 0.308. The van der Waals surface area contributed by atoms with Crippen LogP contribution in [0.15, 0.2) is 48.7 Å². The Labute approximate surface area is 228 Å². The summed E-state index contributed by atoms with van der Waals surface area (Å²) in [6, 6.07) is 9.76. The van der Waals surface area contributed by atoms with Gasteiger partial charge < -0.3 is 45.7 Å². The number of anilines is 2. The molecular weight excluding hydrogens is 537 g/mol. The maximum atomic E-state index is 14.3. The van der Waals surface area contributed by atoms with Crippen molar-refractivity contribution in [2.45, 2.75) is 24.4 Å². The topological polar surface area (TPSA) is 177 Å². The number of aliphatic hydroxyl groups is 4. The highest BCUT2D eigenvalue weighted by atomic mass is 35.5. The van der Waals surface area contributed by atoms with Crippen LogP contribution in [0, 0.1) is 5.82 Å². The van der Waals surface area contributed by atoms with Gasteiger partial charge in [0.2, 0.25) is 0 Å². The van der Waals surface area contributed by atoms with Gasteiger partial charge in [-0.15, -0.1) is 0 Å². The molecule has 3 aromatic rings. The molecule has 0 saturated carbocycles. The van der Waals surface area contributed by atoms with Crippen LogP contribution < -0.4 is 20.5 Å². The number of nitrogens with zero attached hydrogens (tertiary/aromatic N) is 1. The number of hydrogen-bond acceptors (Lipinski definition) is 11. The number of ether oxygens (including phenoxy) is 3. The molecule has 0 saturated heterocycles. The standard InChI is InChI=1S/C26H29ClFN3O8/c1-37-23-9-22(17(27)8-18(23)29)39-12-21(33)25(35)24(34)20(32)11-30-16-6-14(5-15(28)7-16)19-4-3-13(10-31-19)26(36)38-2/h3-10,20-21,24-25,30,32-35H,11-12,29H2,1-2H3/t20-,21-,24-,25-/m1/s1. The Morgan fingerprint density at radius 3 is 2.41 bits per heavy atom. The summed E-state index contributed by atoms with van der Waals surface area (Å²) < 4.78 is 29.4. The van der Waals surface area contributed by atoms with Crippen molar-refractivity contribution >= 4 is 28.9 Å². The number of methoxy groups -OCH3 is 2. The molecule has 0 radical (unpaired) electrons. The Balaban J connectivity index is 1.59. The van der Waals surface area contributed by atoms with Gasteiger partial charge in [-0.3, -0.25) is 4.98 Å². The zero-order valence-electron chi connectivity index (χ0n) is 21.0. The maximum absolute atomic E-state index is 14.3. The minimum atomic E-state index is -1.79. The van der Waals surface area contributed by atoms with E-state index in [4.69, 9.17) is 26.8 Å². The average molecular weight is 566 g/mol. The van der Waals surface area contributed by atoms with Crippen LogP contribution in [0.25, 0.3) is 11.3 Å². The molecule has 1 heterocycles. The molecule has 39 heavy (non-hydrogen) atoms. The highest BCUT2D eigenvalue weighted by molar-refractivity contribution is 6.32. The predicted octanol–water partition coefficient (Wildman–Crippen LogP) is 1.85. The van der Waals surface area contributed by atoms with Crippen molar-refractivity contribution in [2.24, 2.45) is 0 Å². The van der Waals surface area contributed by atoms with Crippen molar-refractivity contribution in [2.75, 3.05) is 38.4 Å². The van der Waals surface area contributed by atoms with Gasteiger partial charge >= 0.3 is 5.97 Å². The van der Waals surface area contributed by atoms with E-state index in [1.165, 1.54) is 50.7 Å². The fourth-order valence-electron chi connectivity index (χ4n) is 3.55. The van der Waals surface area contributed by atoms with Crippen molar-refractivity contribution in [1.29, 1.82) is 0 Å². The van der Waals surface area contributed by atoms with Crippen LogP contribution in [0.2, 0.25) is 5.02 Å². The van der Waals surface area contributed by atoms with Gasteiger partial charge in [-0.05, 0) is 36.4 Å². The average Bonchev–Trinajstić information content (AvgIpc) is 2.93. The number of nitrogen functional groups attached to an aromatic ring is 1. The maximum Gasteiger partial charge on any atom is 0.339 e. The van der Waals surface area contributed by atoms with Gasteiger partial charge in [0, 0.05) is 30.1 Å². The summed E-state index contributed by atoms with van der Waals surface area (Å²) in [6.45, 7) is -0.773. The number of benzene rings is 2. The second-order valence-electron chi connectivity index (χ2n) is 8.48. The van der Waals surface area contributed by atoms with E-state index >= 15 is 0 Å². The molecule has 0 fully saturated rings. The lowest BCUT2D eigenvalue weighted by atomic mass is 10.0. The van der Waals surface area contributed by atoms with Gasteiger partial charge in [0.25, 0.3) is 0 Å². The van der Waals surface area contributed by atoms with Crippen LogP contribution in [0.4, 0.5) is 15.8 Å². The van der Waals surface area contributed by atoms with Crippen molar-refractivity contribution in [1.82, 2.24) is 4.98 Å². The first-order valence-corrected chi connectivity index (χ1v) is 12.0. The van der Waals surface area contributed by atoms with Gasteiger partial charge in [-0.25, -0.2) is 9.18 Å². The molecule has 13 heteroatoms. The number of halogens is 2. The van der Waals surface area contributed by atoms with E-state index in [1.807, 2.05) is 0 Å². The summed E-state index contributed by atoms with van der Waals surface area (Å²) >= 11 is 6.07. The normalized spacial score (nSPS) is 14.2. The summed E-state index contributed by atoms with van der Waals surface area (Å²) in [5.41, 5.74) is 7.28. The molecule has 0 spiro atoms. The number of rotatable bonds is 12. The summed E-state index contributed by atoms with van der Waals surface area (Å²) in [6.07, 6.45) is -5.44. The second kappa shape index (κ2) is 13.4.